The van der Waals surface area contributed by atoms with E-state index in [4.69, 9.17) is 4.74 Å². The lowest BCUT2D eigenvalue weighted by Crippen LogP contribution is -2.35. The van der Waals surface area contributed by atoms with Gasteiger partial charge in [0.15, 0.2) is 11.7 Å². The standard InChI is InChI=1S/C25H26FN3O5S2/c26-20-9-7-19(8-10-20)22-17-35-25(27-22)28-23(30)16-34-24(31)13-6-18-4-11-21(12-5-18)36(32,33)29-14-2-1-3-15-29/h4-5,7-12,17H,1-3,6,13-16H2,(H,27,28,30). The van der Waals surface area contributed by atoms with Crippen LogP contribution in [0.3, 0.4) is 0 Å². The van der Waals surface area contributed by atoms with Crippen molar-refractivity contribution < 1.29 is 27.1 Å². The van der Waals surface area contributed by atoms with Crippen LogP contribution in [0, 0.1) is 5.82 Å². The highest BCUT2D eigenvalue weighted by Crippen LogP contribution is 2.25. The first kappa shape index (κ1) is 25.9. The van der Waals surface area contributed by atoms with E-state index in [-0.39, 0.29) is 17.1 Å². The molecule has 2 aromatic carbocycles. The average Bonchev–Trinajstić information content (AvgIpc) is 3.35. The highest BCUT2D eigenvalue weighted by atomic mass is 32.2. The SMILES string of the molecule is O=C(COC(=O)CCc1ccc(S(=O)(=O)N2CCCCC2)cc1)Nc1nc(-c2ccc(F)cc2)cs1. The molecule has 0 radical (unpaired) electrons. The molecule has 190 valence electrons. The van der Waals surface area contributed by atoms with Crippen LogP contribution in [0.5, 0.6) is 0 Å². The second-order valence-electron chi connectivity index (χ2n) is 8.36. The molecule has 2 heterocycles. The van der Waals surface area contributed by atoms with Crippen LogP contribution in [-0.4, -0.2) is 49.3 Å². The van der Waals surface area contributed by atoms with Gasteiger partial charge in [0, 0.05) is 30.5 Å². The predicted octanol–water partition coefficient (Wildman–Crippen LogP) is 4.24. The number of amides is 1. The summed E-state index contributed by atoms with van der Waals surface area (Å²) in [5.41, 5.74) is 2.11. The number of ether oxygens (including phenoxy) is 1. The fraction of sp³-hybridized carbons (Fsp3) is 0.320. The first-order valence-corrected chi connectivity index (χ1v) is 13.9. The molecule has 3 aromatic rings. The fourth-order valence-electron chi connectivity index (χ4n) is 3.79. The van der Waals surface area contributed by atoms with Crippen molar-refractivity contribution in [2.45, 2.75) is 37.0 Å². The molecule has 36 heavy (non-hydrogen) atoms. The van der Waals surface area contributed by atoms with E-state index in [1.807, 2.05) is 0 Å². The van der Waals surface area contributed by atoms with Crippen molar-refractivity contribution in [2.75, 3.05) is 25.0 Å². The van der Waals surface area contributed by atoms with Crippen LogP contribution in [-0.2, 0) is 30.8 Å². The molecular weight excluding hydrogens is 505 g/mol. The number of anilines is 1. The average molecular weight is 532 g/mol. The van der Waals surface area contributed by atoms with E-state index in [1.54, 1.807) is 41.8 Å². The van der Waals surface area contributed by atoms with Gasteiger partial charge in [0.2, 0.25) is 10.0 Å². The van der Waals surface area contributed by atoms with Crippen molar-refractivity contribution in [1.29, 1.82) is 0 Å². The number of hydrogen-bond acceptors (Lipinski definition) is 7. The van der Waals surface area contributed by atoms with Crippen LogP contribution in [0.15, 0.2) is 58.8 Å². The van der Waals surface area contributed by atoms with Gasteiger partial charge < -0.3 is 4.74 Å². The molecule has 0 atom stereocenters. The number of benzene rings is 2. The van der Waals surface area contributed by atoms with E-state index < -0.39 is 28.5 Å². The zero-order valence-electron chi connectivity index (χ0n) is 19.5. The molecule has 1 amide bonds. The minimum Gasteiger partial charge on any atom is -0.456 e. The van der Waals surface area contributed by atoms with Gasteiger partial charge in [-0.25, -0.2) is 17.8 Å². The van der Waals surface area contributed by atoms with Gasteiger partial charge in [-0.1, -0.05) is 18.6 Å². The van der Waals surface area contributed by atoms with E-state index in [9.17, 15) is 22.4 Å². The molecule has 1 fully saturated rings. The Morgan fingerprint density at radius 2 is 1.72 bits per heavy atom. The summed E-state index contributed by atoms with van der Waals surface area (Å²) >= 11 is 1.21. The van der Waals surface area contributed by atoms with Crippen LogP contribution in [0.25, 0.3) is 11.3 Å². The zero-order chi connectivity index (χ0) is 25.5. The van der Waals surface area contributed by atoms with Crippen molar-refractivity contribution in [1.82, 2.24) is 9.29 Å². The van der Waals surface area contributed by atoms with Gasteiger partial charge in [0.1, 0.15) is 5.82 Å². The first-order chi connectivity index (χ1) is 17.3. The molecule has 0 bridgehead atoms. The summed E-state index contributed by atoms with van der Waals surface area (Å²) < 4.78 is 45.1. The minimum atomic E-state index is -3.49. The van der Waals surface area contributed by atoms with Crippen molar-refractivity contribution in [3.8, 4) is 11.3 Å². The maximum atomic E-state index is 13.1. The predicted molar refractivity (Wildman–Crippen MR) is 134 cm³/mol. The Bertz CT molecular complexity index is 1300. The summed E-state index contributed by atoms with van der Waals surface area (Å²) in [6.07, 6.45) is 3.21. The van der Waals surface area contributed by atoms with Crippen molar-refractivity contribution in [3.63, 3.8) is 0 Å². The summed E-state index contributed by atoms with van der Waals surface area (Å²) in [5.74, 6) is -1.40. The summed E-state index contributed by atoms with van der Waals surface area (Å²) in [4.78, 5) is 28.7. The maximum absolute atomic E-state index is 13.1. The highest BCUT2D eigenvalue weighted by Gasteiger charge is 2.25. The number of nitrogens with zero attached hydrogens (tertiary/aromatic N) is 2. The lowest BCUT2D eigenvalue weighted by atomic mass is 10.1. The highest BCUT2D eigenvalue weighted by molar-refractivity contribution is 7.89. The largest absolute Gasteiger partial charge is 0.456 e. The lowest BCUT2D eigenvalue weighted by molar-refractivity contribution is -0.147. The van der Waals surface area contributed by atoms with Gasteiger partial charge in [-0.05, 0) is 61.2 Å². The Kier molecular flexibility index (Phi) is 8.44. The van der Waals surface area contributed by atoms with Crippen molar-refractivity contribution in [3.05, 3.63) is 65.3 Å². The van der Waals surface area contributed by atoms with Gasteiger partial charge in [-0.15, -0.1) is 11.3 Å². The molecule has 11 heteroatoms. The molecule has 0 spiro atoms. The number of rotatable bonds is 9. The molecule has 1 N–H and O–H groups in total. The minimum absolute atomic E-state index is 0.0530. The number of halogens is 1. The number of aryl methyl sites for hydroxylation is 1. The van der Waals surface area contributed by atoms with Crippen LogP contribution >= 0.6 is 11.3 Å². The molecule has 0 unspecified atom stereocenters. The molecule has 8 nitrogen and oxygen atoms in total. The molecule has 1 aromatic heterocycles. The third kappa shape index (κ3) is 6.74. The summed E-state index contributed by atoms with van der Waals surface area (Å²) in [7, 11) is -3.49. The molecule has 4 rings (SSSR count). The third-order valence-corrected chi connectivity index (χ3v) is 8.42. The van der Waals surface area contributed by atoms with Crippen LogP contribution in [0.2, 0.25) is 0 Å². The van der Waals surface area contributed by atoms with E-state index in [0.29, 0.717) is 30.3 Å². The number of sulfonamides is 1. The first-order valence-electron chi connectivity index (χ1n) is 11.6. The summed E-state index contributed by atoms with van der Waals surface area (Å²) in [5, 5.41) is 4.65. The van der Waals surface area contributed by atoms with Gasteiger partial charge in [0.05, 0.1) is 10.6 Å². The number of esters is 1. The van der Waals surface area contributed by atoms with Gasteiger partial charge in [-0.2, -0.15) is 4.31 Å². The van der Waals surface area contributed by atoms with Gasteiger partial charge in [-0.3, -0.25) is 14.9 Å². The van der Waals surface area contributed by atoms with Crippen LogP contribution in [0.1, 0.15) is 31.2 Å². The summed E-state index contributed by atoms with van der Waals surface area (Å²) in [6, 6.07) is 12.4. The van der Waals surface area contributed by atoms with E-state index in [0.717, 1.165) is 30.4 Å². The Morgan fingerprint density at radius 3 is 2.42 bits per heavy atom. The molecule has 0 aliphatic carbocycles. The molecule has 0 saturated carbocycles. The molecule has 1 aliphatic heterocycles. The Labute approximate surface area is 213 Å². The van der Waals surface area contributed by atoms with E-state index in [1.165, 1.54) is 27.8 Å². The fourth-order valence-corrected chi connectivity index (χ4v) is 6.04. The number of carbonyl (C=O) groups excluding carboxylic acids is 2. The van der Waals surface area contributed by atoms with E-state index >= 15 is 0 Å². The Morgan fingerprint density at radius 1 is 1.03 bits per heavy atom. The van der Waals surface area contributed by atoms with Gasteiger partial charge in [0.25, 0.3) is 5.91 Å². The quantitative estimate of drug-likeness (QED) is 0.414. The van der Waals surface area contributed by atoms with Crippen LogP contribution in [0.4, 0.5) is 9.52 Å². The third-order valence-electron chi connectivity index (χ3n) is 5.75. The van der Waals surface area contributed by atoms with Crippen LogP contribution < -0.4 is 5.32 Å². The van der Waals surface area contributed by atoms with E-state index in [2.05, 4.69) is 10.3 Å². The number of carbonyl (C=O) groups is 2. The maximum Gasteiger partial charge on any atom is 0.306 e. The van der Waals surface area contributed by atoms with Crippen molar-refractivity contribution >= 4 is 38.4 Å². The smallest absolute Gasteiger partial charge is 0.306 e. The normalized spacial score (nSPS) is 14.4. The topological polar surface area (TPSA) is 106 Å². The summed E-state index contributed by atoms with van der Waals surface area (Å²) in [6.45, 7) is 0.639. The zero-order valence-corrected chi connectivity index (χ0v) is 21.1. The number of aromatic nitrogens is 1. The number of piperidine rings is 1. The number of thiazole rings is 1. The second-order valence-corrected chi connectivity index (χ2v) is 11.2. The monoisotopic (exact) mass is 531 g/mol. The molecular formula is C25H26FN3O5S2. The lowest BCUT2D eigenvalue weighted by Gasteiger charge is -2.25. The molecule has 1 aliphatic rings. The number of nitrogens with one attached hydrogen (secondary N) is 1. The second kappa shape index (κ2) is 11.7. The Balaban J connectivity index is 1.21. The molecule has 1 saturated heterocycles. The van der Waals surface area contributed by atoms with Crippen molar-refractivity contribution in [2.24, 2.45) is 0 Å². The Hall–Kier alpha value is -3.15. The number of hydrogen-bond donors (Lipinski definition) is 1. The van der Waals surface area contributed by atoms with Gasteiger partial charge >= 0.3 is 5.97 Å².